The zero-order valence-electron chi connectivity index (χ0n) is 20.7. The van der Waals surface area contributed by atoms with Gasteiger partial charge in [0.1, 0.15) is 17.9 Å². The first-order valence-electron chi connectivity index (χ1n) is 12.0. The lowest BCUT2D eigenvalue weighted by atomic mass is 10.1. The number of carbonyl (C=O) groups excluding carboxylic acids is 1. The second-order valence-corrected chi connectivity index (χ2v) is 8.94. The number of Topliss-reactive ketones (excluding diaryl/α,β-unsaturated/α-hetero) is 1. The molecule has 1 aromatic carbocycles. The van der Waals surface area contributed by atoms with Crippen molar-refractivity contribution in [2.24, 2.45) is 7.05 Å². The third-order valence-electron chi connectivity index (χ3n) is 6.68. The average Bonchev–Trinajstić information content (AvgIpc) is 3.39. The molecular weight excluding hydrogens is 442 g/mol. The smallest absolute Gasteiger partial charge is 0.178 e. The Morgan fingerprint density at radius 1 is 1.06 bits per heavy atom. The van der Waals surface area contributed by atoms with E-state index in [1.165, 1.54) is 0 Å². The van der Waals surface area contributed by atoms with Crippen molar-refractivity contribution in [1.82, 2.24) is 29.2 Å². The maximum Gasteiger partial charge on any atom is 0.178 e. The highest BCUT2D eigenvalue weighted by molar-refractivity contribution is 5.99. The fourth-order valence-electron chi connectivity index (χ4n) is 4.91. The molecule has 1 aliphatic heterocycles. The van der Waals surface area contributed by atoms with Crippen LogP contribution in [0.15, 0.2) is 42.9 Å². The largest absolute Gasteiger partial charge is 0.494 e. The van der Waals surface area contributed by atoms with Crippen LogP contribution in [0, 0.1) is 13.8 Å². The van der Waals surface area contributed by atoms with Crippen molar-refractivity contribution < 1.29 is 9.53 Å². The van der Waals surface area contributed by atoms with Crippen molar-refractivity contribution in [3.8, 4) is 11.4 Å². The lowest BCUT2D eigenvalue weighted by Crippen LogP contribution is -2.48. The van der Waals surface area contributed by atoms with Crippen molar-refractivity contribution in [3.63, 3.8) is 0 Å². The van der Waals surface area contributed by atoms with E-state index in [0.29, 0.717) is 13.2 Å². The van der Waals surface area contributed by atoms with E-state index in [0.717, 1.165) is 71.4 Å². The van der Waals surface area contributed by atoms with Gasteiger partial charge in [-0.1, -0.05) is 0 Å². The van der Waals surface area contributed by atoms with Gasteiger partial charge in [-0.05, 0) is 51.1 Å². The van der Waals surface area contributed by atoms with Gasteiger partial charge in [0, 0.05) is 55.9 Å². The van der Waals surface area contributed by atoms with Gasteiger partial charge in [-0.25, -0.2) is 9.97 Å². The van der Waals surface area contributed by atoms with Gasteiger partial charge in [-0.2, -0.15) is 5.10 Å². The lowest BCUT2D eigenvalue weighted by Gasteiger charge is -2.35. The Bertz CT molecular complexity index is 1350. The van der Waals surface area contributed by atoms with E-state index >= 15 is 0 Å². The molecule has 0 spiro atoms. The van der Waals surface area contributed by atoms with Gasteiger partial charge >= 0.3 is 0 Å². The fraction of sp³-hybridized carbons (Fsp3) is 0.385. The molecule has 1 aliphatic rings. The molecule has 0 N–H and O–H groups in total. The second kappa shape index (κ2) is 9.50. The molecule has 5 rings (SSSR count). The number of benzene rings is 1. The van der Waals surface area contributed by atoms with E-state index in [1.807, 2.05) is 64.3 Å². The first-order valence-corrected chi connectivity index (χ1v) is 12.0. The highest BCUT2D eigenvalue weighted by Crippen LogP contribution is 2.25. The third-order valence-corrected chi connectivity index (χ3v) is 6.68. The van der Waals surface area contributed by atoms with Crippen LogP contribution >= 0.6 is 0 Å². The number of fused-ring (bicyclic) bond motifs is 1. The maximum atomic E-state index is 13.3. The number of carbonyl (C=O) groups is 1. The van der Waals surface area contributed by atoms with Crippen LogP contribution in [0.5, 0.6) is 5.75 Å². The van der Waals surface area contributed by atoms with E-state index in [1.54, 1.807) is 11.0 Å². The fourth-order valence-corrected chi connectivity index (χ4v) is 4.91. The molecule has 35 heavy (non-hydrogen) atoms. The van der Waals surface area contributed by atoms with Crippen LogP contribution < -0.4 is 9.64 Å². The minimum atomic E-state index is 0.153. The molecule has 0 saturated carbocycles. The van der Waals surface area contributed by atoms with Crippen LogP contribution in [0.4, 0.5) is 5.82 Å². The van der Waals surface area contributed by atoms with Gasteiger partial charge in [-0.15, -0.1) is 0 Å². The minimum absolute atomic E-state index is 0.153. The molecule has 0 aliphatic carbocycles. The number of nitrogens with zero attached hydrogens (tertiary/aromatic N) is 7. The van der Waals surface area contributed by atoms with Crippen molar-refractivity contribution in [2.45, 2.75) is 20.8 Å². The molecule has 9 heteroatoms. The van der Waals surface area contributed by atoms with Crippen molar-refractivity contribution >= 4 is 22.6 Å². The highest BCUT2D eigenvalue weighted by atomic mass is 16.5. The standard InChI is InChI=1S/C26H31N7O2/c1-5-35-21-8-6-20(7-9-21)33-18(2)14-22(19(33)3)24(34)16-31-10-12-32(13-11-31)26-23-15-29-30(4)25(23)27-17-28-26/h6-9,14-15,17H,5,10-13,16H2,1-4H3. The highest BCUT2D eigenvalue weighted by Gasteiger charge is 2.24. The predicted octanol–water partition coefficient (Wildman–Crippen LogP) is 3.17. The average molecular weight is 474 g/mol. The SMILES string of the molecule is CCOc1ccc(-n2c(C)cc(C(=O)CN3CCN(c4ncnc5c4cnn5C)CC3)c2C)cc1. The summed E-state index contributed by atoms with van der Waals surface area (Å²) in [5.41, 5.74) is 4.66. The van der Waals surface area contributed by atoms with Crippen LogP contribution in [0.3, 0.4) is 0 Å². The topological polar surface area (TPSA) is 81.3 Å². The maximum absolute atomic E-state index is 13.3. The summed E-state index contributed by atoms with van der Waals surface area (Å²) < 4.78 is 9.46. The minimum Gasteiger partial charge on any atom is -0.494 e. The van der Waals surface area contributed by atoms with Crippen LogP contribution in [0.2, 0.25) is 0 Å². The third kappa shape index (κ3) is 4.39. The molecule has 0 radical (unpaired) electrons. The van der Waals surface area contributed by atoms with Crippen LogP contribution in [-0.4, -0.2) is 74.3 Å². The molecule has 0 bridgehead atoms. The molecule has 4 heterocycles. The number of rotatable bonds is 7. The Labute approximate surface area is 204 Å². The van der Waals surface area contributed by atoms with Crippen molar-refractivity contribution in [2.75, 3.05) is 44.2 Å². The number of aryl methyl sites for hydroxylation is 2. The first kappa shape index (κ1) is 23.0. The summed E-state index contributed by atoms with van der Waals surface area (Å²) in [7, 11) is 1.88. The normalized spacial score (nSPS) is 14.6. The molecule has 0 unspecified atom stereocenters. The Morgan fingerprint density at radius 2 is 1.80 bits per heavy atom. The van der Waals surface area contributed by atoms with E-state index < -0.39 is 0 Å². The van der Waals surface area contributed by atoms with Gasteiger partial charge in [0.05, 0.1) is 24.7 Å². The van der Waals surface area contributed by atoms with Gasteiger partial charge in [0.2, 0.25) is 0 Å². The lowest BCUT2D eigenvalue weighted by molar-refractivity contribution is 0.0925. The Hall–Kier alpha value is -3.72. The quantitative estimate of drug-likeness (QED) is 0.381. The van der Waals surface area contributed by atoms with E-state index in [4.69, 9.17) is 4.74 Å². The summed E-state index contributed by atoms with van der Waals surface area (Å²) in [6.45, 7) is 10.3. The summed E-state index contributed by atoms with van der Waals surface area (Å²) in [5.74, 6) is 1.91. The number of ether oxygens (including phenoxy) is 1. The van der Waals surface area contributed by atoms with E-state index in [-0.39, 0.29) is 5.78 Å². The van der Waals surface area contributed by atoms with E-state index in [2.05, 4.69) is 29.4 Å². The number of aromatic nitrogens is 5. The van der Waals surface area contributed by atoms with Crippen LogP contribution in [-0.2, 0) is 7.05 Å². The Kier molecular flexibility index (Phi) is 6.25. The summed E-state index contributed by atoms with van der Waals surface area (Å²) in [6.07, 6.45) is 3.41. The summed E-state index contributed by atoms with van der Waals surface area (Å²) >= 11 is 0. The number of hydrogen-bond donors (Lipinski definition) is 0. The first-order chi connectivity index (χ1) is 17.0. The number of hydrogen-bond acceptors (Lipinski definition) is 7. The van der Waals surface area contributed by atoms with Gasteiger partial charge in [-0.3, -0.25) is 14.4 Å². The summed E-state index contributed by atoms with van der Waals surface area (Å²) in [6, 6.07) is 10.0. The molecule has 0 amide bonds. The number of anilines is 1. The van der Waals surface area contributed by atoms with Crippen molar-refractivity contribution in [1.29, 1.82) is 0 Å². The number of ketones is 1. The summed E-state index contributed by atoms with van der Waals surface area (Å²) in [5, 5.41) is 5.27. The van der Waals surface area contributed by atoms with Crippen LogP contribution in [0.1, 0.15) is 28.7 Å². The van der Waals surface area contributed by atoms with Crippen molar-refractivity contribution in [3.05, 3.63) is 59.8 Å². The molecule has 1 saturated heterocycles. The number of piperazine rings is 1. The van der Waals surface area contributed by atoms with Gasteiger partial charge < -0.3 is 14.2 Å². The molecular formula is C26H31N7O2. The zero-order valence-corrected chi connectivity index (χ0v) is 20.7. The monoisotopic (exact) mass is 473 g/mol. The predicted molar refractivity (Wildman–Crippen MR) is 136 cm³/mol. The Balaban J connectivity index is 1.26. The molecule has 182 valence electrons. The molecule has 0 atom stereocenters. The van der Waals surface area contributed by atoms with E-state index in [9.17, 15) is 4.79 Å². The molecule has 1 fully saturated rings. The molecule has 4 aromatic rings. The van der Waals surface area contributed by atoms with Crippen LogP contribution in [0.25, 0.3) is 16.7 Å². The Morgan fingerprint density at radius 3 is 2.51 bits per heavy atom. The molecule has 9 nitrogen and oxygen atoms in total. The summed E-state index contributed by atoms with van der Waals surface area (Å²) in [4.78, 5) is 26.6. The molecule has 3 aromatic heterocycles. The van der Waals surface area contributed by atoms with Gasteiger partial charge in [0.25, 0.3) is 0 Å². The second-order valence-electron chi connectivity index (χ2n) is 8.94. The van der Waals surface area contributed by atoms with Gasteiger partial charge in [0.15, 0.2) is 11.4 Å². The zero-order chi connectivity index (χ0) is 24.5.